The number of alkyl halides is 3. The molecule has 0 saturated carbocycles. The van der Waals surface area contributed by atoms with E-state index in [1.807, 2.05) is 0 Å². The number of aldehydes is 1. The zero-order valence-electron chi connectivity index (χ0n) is 10.3. The van der Waals surface area contributed by atoms with Crippen molar-refractivity contribution in [3.8, 4) is 0 Å². The number of carbonyl (C=O) groups is 1. The number of hydrogen-bond acceptors (Lipinski definition) is 3. The van der Waals surface area contributed by atoms with Gasteiger partial charge in [0.1, 0.15) is 12.4 Å². The highest BCUT2D eigenvalue weighted by Crippen LogP contribution is 2.23. The fourth-order valence-electron chi connectivity index (χ4n) is 1.73. The van der Waals surface area contributed by atoms with Crippen molar-refractivity contribution < 1.29 is 18.0 Å². The van der Waals surface area contributed by atoms with E-state index in [0.29, 0.717) is 23.8 Å². The standard InChI is InChI=1S/C12H15F3N2O/c1-3-4-17(8-12(13,14)15)11-9(2)5-10(7-18)6-16-11/h5-7H,3-4,8H2,1-2H3. The lowest BCUT2D eigenvalue weighted by Gasteiger charge is -2.25. The third-order valence-electron chi connectivity index (χ3n) is 2.37. The number of halogens is 3. The van der Waals surface area contributed by atoms with Crippen molar-refractivity contribution in [1.29, 1.82) is 0 Å². The summed E-state index contributed by atoms with van der Waals surface area (Å²) in [5, 5.41) is 0. The summed E-state index contributed by atoms with van der Waals surface area (Å²) in [6, 6.07) is 1.54. The average Bonchev–Trinajstić information content (AvgIpc) is 2.26. The highest BCUT2D eigenvalue weighted by atomic mass is 19.4. The Morgan fingerprint density at radius 3 is 2.56 bits per heavy atom. The molecule has 0 aliphatic rings. The predicted octanol–water partition coefficient (Wildman–Crippen LogP) is 2.98. The second-order valence-electron chi connectivity index (χ2n) is 4.06. The predicted molar refractivity (Wildman–Crippen MR) is 62.9 cm³/mol. The summed E-state index contributed by atoms with van der Waals surface area (Å²) in [4.78, 5) is 15.7. The molecule has 0 N–H and O–H groups in total. The number of aromatic nitrogens is 1. The molecule has 100 valence electrons. The zero-order chi connectivity index (χ0) is 13.8. The first-order valence-electron chi connectivity index (χ1n) is 5.61. The van der Waals surface area contributed by atoms with Crippen molar-refractivity contribution in [2.45, 2.75) is 26.4 Å². The van der Waals surface area contributed by atoms with Crippen LogP contribution in [0.3, 0.4) is 0 Å². The number of nitrogens with zero attached hydrogens (tertiary/aromatic N) is 2. The molecule has 0 radical (unpaired) electrons. The van der Waals surface area contributed by atoms with Crippen LogP contribution in [0.2, 0.25) is 0 Å². The number of rotatable bonds is 5. The molecule has 1 aromatic heterocycles. The molecule has 0 unspecified atom stereocenters. The Bertz CT molecular complexity index is 418. The fourth-order valence-corrected chi connectivity index (χ4v) is 1.73. The Balaban J connectivity index is 3.01. The van der Waals surface area contributed by atoms with Crippen molar-refractivity contribution in [2.24, 2.45) is 0 Å². The van der Waals surface area contributed by atoms with Gasteiger partial charge in [-0.05, 0) is 25.0 Å². The van der Waals surface area contributed by atoms with Crippen LogP contribution in [0.1, 0.15) is 29.3 Å². The monoisotopic (exact) mass is 260 g/mol. The van der Waals surface area contributed by atoms with Crippen LogP contribution in [0.25, 0.3) is 0 Å². The molecular weight excluding hydrogens is 245 g/mol. The third kappa shape index (κ3) is 4.01. The summed E-state index contributed by atoms with van der Waals surface area (Å²) < 4.78 is 37.4. The first-order valence-corrected chi connectivity index (χ1v) is 5.61. The summed E-state index contributed by atoms with van der Waals surface area (Å²) in [7, 11) is 0. The fraction of sp³-hybridized carbons (Fsp3) is 0.500. The molecule has 1 rings (SSSR count). The van der Waals surface area contributed by atoms with Gasteiger partial charge in [-0.25, -0.2) is 4.98 Å². The van der Waals surface area contributed by atoms with Crippen LogP contribution in [-0.2, 0) is 0 Å². The molecule has 1 heterocycles. The largest absolute Gasteiger partial charge is 0.405 e. The number of pyridine rings is 1. The van der Waals surface area contributed by atoms with Crippen LogP contribution < -0.4 is 4.90 Å². The van der Waals surface area contributed by atoms with E-state index in [1.165, 1.54) is 17.2 Å². The Morgan fingerprint density at radius 1 is 1.44 bits per heavy atom. The number of anilines is 1. The van der Waals surface area contributed by atoms with Crippen LogP contribution >= 0.6 is 0 Å². The zero-order valence-corrected chi connectivity index (χ0v) is 10.3. The minimum absolute atomic E-state index is 0.272. The molecule has 0 amide bonds. The van der Waals surface area contributed by atoms with Crippen molar-refractivity contribution in [1.82, 2.24) is 4.98 Å². The first kappa shape index (κ1) is 14.5. The molecule has 6 heteroatoms. The van der Waals surface area contributed by atoms with Crippen molar-refractivity contribution >= 4 is 12.1 Å². The number of hydrogen-bond donors (Lipinski definition) is 0. The molecule has 0 atom stereocenters. The maximum atomic E-state index is 12.5. The van der Waals surface area contributed by atoms with E-state index in [0.717, 1.165) is 0 Å². The molecule has 18 heavy (non-hydrogen) atoms. The van der Waals surface area contributed by atoms with Gasteiger partial charge in [0.15, 0.2) is 6.29 Å². The highest BCUT2D eigenvalue weighted by Gasteiger charge is 2.31. The van der Waals surface area contributed by atoms with Crippen LogP contribution in [-0.4, -0.2) is 30.5 Å². The molecule has 0 fully saturated rings. The molecular formula is C12H15F3N2O. The van der Waals surface area contributed by atoms with Crippen LogP contribution in [0, 0.1) is 6.92 Å². The lowest BCUT2D eigenvalue weighted by molar-refractivity contribution is -0.119. The Kier molecular flexibility index (Phi) is 4.69. The van der Waals surface area contributed by atoms with E-state index in [2.05, 4.69) is 4.98 Å². The van der Waals surface area contributed by atoms with Gasteiger partial charge >= 0.3 is 6.18 Å². The summed E-state index contributed by atoms with van der Waals surface area (Å²) >= 11 is 0. The van der Waals surface area contributed by atoms with Gasteiger partial charge < -0.3 is 4.90 Å². The Hall–Kier alpha value is -1.59. The average molecular weight is 260 g/mol. The van der Waals surface area contributed by atoms with Gasteiger partial charge in [0.05, 0.1) is 0 Å². The molecule has 0 saturated heterocycles. The summed E-state index contributed by atoms with van der Waals surface area (Å²) in [5.74, 6) is 0.278. The van der Waals surface area contributed by atoms with E-state index >= 15 is 0 Å². The molecule has 0 aliphatic carbocycles. The molecule has 3 nitrogen and oxygen atoms in total. The van der Waals surface area contributed by atoms with E-state index in [1.54, 1.807) is 13.8 Å². The molecule has 0 bridgehead atoms. The molecule has 0 aliphatic heterocycles. The molecule has 1 aromatic rings. The van der Waals surface area contributed by atoms with Crippen molar-refractivity contribution in [3.05, 3.63) is 23.4 Å². The smallest absolute Gasteiger partial charge is 0.347 e. The van der Waals surface area contributed by atoms with E-state index in [4.69, 9.17) is 0 Å². The summed E-state index contributed by atoms with van der Waals surface area (Å²) in [6.45, 7) is 2.69. The minimum Gasteiger partial charge on any atom is -0.347 e. The lowest BCUT2D eigenvalue weighted by Crippen LogP contribution is -2.35. The van der Waals surface area contributed by atoms with Crippen molar-refractivity contribution in [2.75, 3.05) is 18.0 Å². The quantitative estimate of drug-likeness (QED) is 0.763. The number of aryl methyl sites for hydroxylation is 1. The Labute approximate surface area is 104 Å². The molecule has 0 spiro atoms. The van der Waals surface area contributed by atoms with Crippen LogP contribution in [0.5, 0.6) is 0 Å². The second-order valence-corrected chi connectivity index (χ2v) is 4.06. The van der Waals surface area contributed by atoms with Gasteiger partial charge in [0.2, 0.25) is 0 Å². The van der Waals surface area contributed by atoms with Gasteiger partial charge in [-0.2, -0.15) is 13.2 Å². The van der Waals surface area contributed by atoms with E-state index < -0.39 is 12.7 Å². The van der Waals surface area contributed by atoms with Gasteiger partial charge in [-0.1, -0.05) is 6.92 Å². The first-order chi connectivity index (χ1) is 8.37. The SMILES string of the molecule is CCCN(CC(F)(F)F)c1ncc(C=O)cc1C. The third-order valence-corrected chi connectivity index (χ3v) is 2.37. The van der Waals surface area contributed by atoms with E-state index in [9.17, 15) is 18.0 Å². The maximum Gasteiger partial charge on any atom is 0.405 e. The topological polar surface area (TPSA) is 33.2 Å². The van der Waals surface area contributed by atoms with Crippen LogP contribution in [0.15, 0.2) is 12.3 Å². The second kappa shape index (κ2) is 5.84. The van der Waals surface area contributed by atoms with Gasteiger partial charge in [-0.3, -0.25) is 4.79 Å². The van der Waals surface area contributed by atoms with E-state index in [-0.39, 0.29) is 12.4 Å². The normalized spacial score (nSPS) is 11.4. The summed E-state index contributed by atoms with van der Waals surface area (Å²) in [6.07, 6.45) is -1.77. The van der Waals surface area contributed by atoms with Crippen molar-refractivity contribution in [3.63, 3.8) is 0 Å². The lowest BCUT2D eigenvalue weighted by atomic mass is 10.2. The minimum atomic E-state index is -4.27. The Morgan fingerprint density at radius 2 is 2.11 bits per heavy atom. The molecule has 0 aromatic carbocycles. The van der Waals surface area contributed by atoms with Gasteiger partial charge in [0.25, 0.3) is 0 Å². The van der Waals surface area contributed by atoms with Gasteiger partial charge in [0, 0.05) is 18.3 Å². The van der Waals surface area contributed by atoms with Gasteiger partial charge in [-0.15, -0.1) is 0 Å². The highest BCUT2D eigenvalue weighted by molar-refractivity contribution is 5.75. The maximum absolute atomic E-state index is 12.5. The van der Waals surface area contributed by atoms with Crippen LogP contribution in [0.4, 0.5) is 19.0 Å². The number of carbonyl (C=O) groups excluding carboxylic acids is 1. The summed E-state index contributed by atoms with van der Waals surface area (Å²) in [5.41, 5.74) is 0.928.